The van der Waals surface area contributed by atoms with E-state index in [0.717, 1.165) is 0 Å². The quantitative estimate of drug-likeness (QED) is 0.314. The molecule has 0 bridgehead atoms. The Hall–Kier alpha value is -0.300. The number of hydrogen-bond donors (Lipinski definition) is 4. The van der Waals surface area contributed by atoms with Crippen LogP contribution in [0.3, 0.4) is 0 Å². The van der Waals surface area contributed by atoms with E-state index >= 15 is 0 Å². The van der Waals surface area contributed by atoms with Gasteiger partial charge in [0, 0.05) is 12.2 Å². The van der Waals surface area contributed by atoms with E-state index in [1.165, 1.54) is 11.8 Å². The van der Waals surface area contributed by atoms with E-state index in [0.29, 0.717) is 11.5 Å². The Bertz CT molecular complexity index is 142. The molecule has 6 heteroatoms. The second-order valence-corrected chi connectivity index (χ2v) is 3.44. The largest absolute Gasteiger partial charge is 0.480 e. The molecule has 5 nitrogen and oxygen atoms in total. The monoisotopic (exact) mass is 195 g/mol. The lowest BCUT2D eigenvalue weighted by atomic mass is 10.4. The highest BCUT2D eigenvalue weighted by Crippen LogP contribution is 2.05. The number of aliphatic carboxylic acids is 1. The Morgan fingerprint density at radius 3 is 2.50 bits per heavy atom. The van der Waals surface area contributed by atoms with E-state index in [4.69, 9.17) is 21.1 Å². The van der Waals surface area contributed by atoms with Crippen molar-refractivity contribution in [2.75, 3.05) is 11.5 Å². The molecule has 72 valence electrons. The van der Waals surface area contributed by atoms with Crippen LogP contribution in [-0.4, -0.2) is 45.1 Å². The molecule has 0 amide bonds. The predicted molar refractivity (Wildman–Crippen MR) is 45.8 cm³/mol. The van der Waals surface area contributed by atoms with Crippen LogP contribution in [0.2, 0.25) is 0 Å². The van der Waals surface area contributed by atoms with Gasteiger partial charge in [0.05, 0.1) is 0 Å². The van der Waals surface area contributed by atoms with E-state index in [1.807, 2.05) is 0 Å². The first kappa shape index (κ1) is 11.7. The zero-order valence-corrected chi connectivity index (χ0v) is 7.33. The Morgan fingerprint density at radius 2 is 2.08 bits per heavy atom. The molecule has 12 heavy (non-hydrogen) atoms. The van der Waals surface area contributed by atoms with E-state index in [-0.39, 0.29) is 6.42 Å². The Labute approximate surface area is 74.6 Å². The second-order valence-electron chi connectivity index (χ2n) is 2.29. The molecule has 0 spiro atoms. The molecule has 0 unspecified atom stereocenters. The lowest BCUT2D eigenvalue weighted by molar-refractivity contribution is -0.137. The first-order chi connectivity index (χ1) is 5.54. The summed E-state index contributed by atoms with van der Waals surface area (Å²) >= 11 is 1.29. The molecule has 1 atom stereocenters. The number of aliphatic hydroxyl groups excluding tert-OH is 1. The third-order valence-corrected chi connectivity index (χ3v) is 2.25. The van der Waals surface area contributed by atoms with Crippen LogP contribution in [-0.2, 0) is 4.79 Å². The van der Waals surface area contributed by atoms with E-state index in [9.17, 15) is 4.79 Å². The molecule has 0 heterocycles. The van der Waals surface area contributed by atoms with Gasteiger partial charge in [0.1, 0.15) is 6.04 Å². The Balaban J connectivity index is 3.25. The molecule has 0 aliphatic carbocycles. The van der Waals surface area contributed by atoms with E-state index < -0.39 is 18.3 Å². The fourth-order valence-electron chi connectivity index (χ4n) is 0.470. The maximum Gasteiger partial charge on any atom is 0.321 e. The van der Waals surface area contributed by atoms with Crippen LogP contribution in [0.4, 0.5) is 0 Å². The van der Waals surface area contributed by atoms with E-state index in [2.05, 4.69) is 0 Å². The Morgan fingerprint density at radius 1 is 1.50 bits per heavy atom. The van der Waals surface area contributed by atoms with Crippen LogP contribution >= 0.6 is 11.8 Å². The fourth-order valence-corrected chi connectivity index (χ4v) is 1.41. The van der Waals surface area contributed by atoms with Crippen molar-refractivity contribution in [3.05, 3.63) is 0 Å². The standard InChI is InChI=1S/C6H13NO4S/c7-4(6(10)11)3-12-2-1-5(8)9/h4-5,8-9H,1-3,7H2,(H,10,11)/t4-/m0/s1. The normalized spacial score (nSPS) is 13.3. The van der Waals surface area contributed by atoms with Crippen LogP contribution in [0.1, 0.15) is 6.42 Å². The minimum atomic E-state index is -1.32. The molecule has 0 saturated heterocycles. The van der Waals surface area contributed by atoms with Crippen molar-refractivity contribution in [2.24, 2.45) is 5.73 Å². The molecule has 0 aromatic heterocycles. The summed E-state index contributed by atoms with van der Waals surface area (Å²) < 4.78 is 0. The van der Waals surface area contributed by atoms with Crippen LogP contribution in [0.5, 0.6) is 0 Å². The molecule has 0 aliphatic heterocycles. The first-order valence-corrected chi connectivity index (χ1v) is 4.61. The van der Waals surface area contributed by atoms with Gasteiger partial charge in [-0.1, -0.05) is 0 Å². The van der Waals surface area contributed by atoms with Crippen molar-refractivity contribution in [3.8, 4) is 0 Å². The molecule has 0 fully saturated rings. The van der Waals surface area contributed by atoms with Gasteiger partial charge in [0.15, 0.2) is 6.29 Å². The van der Waals surface area contributed by atoms with Crippen molar-refractivity contribution >= 4 is 17.7 Å². The summed E-state index contributed by atoms with van der Waals surface area (Å²) in [6.45, 7) is 0. The molecule has 0 radical (unpaired) electrons. The highest BCUT2D eigenvalue weighted by atomic mass is 32.2. The molecule has 0 aromatic carbocycles. The summed E-state index contributed by atoms with van der Waals surface area (Å²) in [7, 11) is 0. The molecule has 0 aliphatic rings. The van der Waals surface area contributed by atoms with Crippen molar-refractivity contribution in [1.29, 1.82) is 0 Å². The molecule has 5 N–H and O–H groups in total. The second kappa shape index (κ2) is 6.24. The number of thioether (sulfide) groups is 1. The molecule has 0 aromatic rings. The average Bonchev–Trinajstić information content (AvgIpc) is 1.97. The third kappa shape index (κ3) is 6.41. The van der Waals surface area contributed by atoms with Crippen LogP contribution in [0, 0.1) is 0 Å². The van der Waals surface area contributed by atoms with Crippen LogP contribution in [0.25, 0.3) is 0 Å². The van der Waals surface area contributed by atoms with Crippen molar-refractivity contribution in [1.82, 2.24) is 0 Å². The van der Waals surface area contributed by atoms with Crippen LogP contribution in [0.15, 0.2) is 0 Å². The lowest BCUT2D eigenvalue weighted by Crippen LogP contribution is -2.32. The van der Waals surface area contributed by atoms with Crippen molar-refractivity contribution < 1.29 is 20.1 Å². The molecule has 0 rings (SSSR count). The van der Waals surface area contributed by atoms with Crippen molar-refractivity contribution in [2.45, 2.75) is 18.8 Å². The van der Waals surface area contributed by atoms with Gasteiger partial charge in [-0.25, -0.2) is 0 Å². The summed E-state index contributed by atoms with van der Waals surface area (Å²) in [5.74, 6) is -0.243. The number of hydrogen-bond acceptors (Lipinski definition) is 5. The van der Waals surface area contributed by atoms with Crippen molar-refractivity contribution in [3.63, 3.8) is 0 Å². The summed E-state index contributed by atoms with van der Waals surface area (Å²) in [6.07, 6.45) is -1.09. The third-order valence-electron chi connectivity index (χ3n) is 1.13. The predicted octanol–water partition coefficient (Wildman–Crippen LogP) is -1.17. The van der Waals surface area contributed by atoms with Gasteiger partial charge in [-0.3, -0.25) is 4.79 Å². The summed E-state index contributed by atoms with van der Waals surface area (Å²) in [5.41, 5.74) is 5.19. The van der Waals surface area contributed by atoms with Gasteiger partial charge in [-0.15, -0.1) is 0 Å². The summed E-state index contributed by atoms with van der Waals surface area (Å²) in [6, 6.07) is -0.870. The van der Waals surface area contributed by atoms with Gasteiger partial charge >= 0.3 is 5.97 Å². The zero-order valence-electron chi connectivity index (χ0n) is 6.51. The van der Waals surface area contributed by atoms with Gasteiger partial charge in [-0.2, -0.15) is 11.8 Å². The minimum Gasteiger partial charge on any atom is -0.480 e. The number of nitrogens with two attached hydrogens (primary N) is 1. The highest BCUT2D eigenvalue weighted by molar-refractivity contribution is 7.99. The minimum absolute atomic E-state index is 0.233. The lowest BCUT2D eigenvalue weighted by Gasteiger charge is -2.06. The smallest absolute Gasteiger partial charge is 0.321 e. The number of aliphatic hydroxyl groups is 2. The fraction of sp³-hybridized carbons (Fsp3) is 0.833. The van der Waals surface area contributed by atoms with E-state index in [1.54, 1.807) is 0 Å². The van der Waals surface area contributed by atoms with Gasteiger partial charge < -0.3 is 21.1 Å². The van der Waals surface area contributed by atoms with Gasteiger partial charge in [-0.05, 0) is 5.75 Å². The topological polar surface area (TPSA) is 104 Å². The number of carbonyl (C=O) groups is 1. The molecule has 0 saturated carbocycles. The number of carboxylic acid groups (broad SMARTS) is 1. The average molecular weight is 195 g/mol. The molecular weight excluding hydrogens is 182 g/mol. The molecular formula is C6H13NO4S. The zero-order chi connectivity index (χ0) is 9.56. The van der Waals surface area contributed by atoms with Gasteiger partial charge in [0.25, 0.3) is 0 Å². The number of rotatable bonds is 6. The number of carboxylic acids is 1. The maximum atomic E-state index is 10.2. The van der Waals surface area contributed by atoms with Gasteiger partial charge in [0.2, 0.25) is 0 Å². The first-order valence-electron chi connectivity index (χ1n) is 3.46. The maximum absolute atomic E-state index is 10.2. The highest BCUT2D eigenvalue weighted by Gasteiger charge is 2.10. The van der Waals surface area contributed by atoms with Crippen LogP contribution < -0.4 is 5.73 Å². The Kier molecular flexibility index (Phi) is 6.09. The summed E-state index contributed by atoms with van der Waals surface area (Å²) in [5, 5.41) is 25.2. The SMILES string of the molecule is N[C@@H](CSCCC(O)O)C(=O)O. The summed E-state index contributed by atoms with van der Waals surface area (Å²) in [4.78, 5) is 10.2.